The van der Waals surface area contributed by atoms with Gasteiger partial charge in [0.15, 0.2) is 0 Å². The molecule has 1 aliphatic heterocycles. The number of nitrogens with zero attached hydrogens (tertiary/aromatic N) is 4. The monoisotopic (exact) mass is 502 g/mol. The van der Waals surface area contributed by atoms with Crippen LogP contribution in [-0.4, -0.2) is 48.8 Å². The fourth-order valence-electron chi connectivity index (χ4n) is 4.38. The average molecular weight is 503 g/mol. The molecule has 9 heteroatoms. The first-order valence-corrected chi connectivity index (χ1v) is 13.2. The Hall–Kier alpha value is -4.11. The van der Waals surface area contributed by atoms with Gasteiger partial charge in [-0.2, -0.15) is 14.6 Å². The number of aromatic nitrogens is 2. The highest BCUT2D eigenvalue weighted by Gasteiger charge is 2.37. The Labute approximate surface area is 210 Å². The van der Waals surface area contributed by atoms with Crippen molar-refractivity contribution in [2.75, 3.05) is 20.5 Å². The quantitative estimate of drug-likeness (QED) is 0.367. The van der Waals surface area contributed by atoms with Crippen LogP contribution in [0.25, 0.3) is 16.9 Å². The second kappa shape index (κ2) is 9.50. The van der Waals surface area contributed by atoms with E-state index in [4.69, 9.17) is 14.6 Å². The van der Waals surface area contributed by atoms with E-state index in [1.54, 1.807) is 18.9 Å². The first-order valence-electron chi connectivity index (χ1n) is 11.4. The molecule has 3 aromatic carbocycles. The van der Waals surface area contributed by atoms with Crippen LogP contribution in [0.2, 0.25) is 0 Å². The van der Waals surface area contributed by atoms with Crippen LogP contribution in [0, 0.1) is 0 Å². The molecule has 0 spiro atoms. The number of hydrazone groups is 1. The molecule has 1 atom stereocenters. The van der Waals surface area contributed by atoms with Gasteiger partial charge in [0, 0.05) is 23.7 Å². The molecule has 36 heavy (non-hydrogen) atoms. The molecule has 0 radical (unpaired) electrons. The number of methoxy groups -OCH3 is 2. The topological polar surface area (TPSA) is 86.0 Å². The zero-order valence-corrected chi connectivity index (χ0v) is 21.0. The molecule has 0 amide bonds. The number of rotatable bonds is 7. The third kappa shape index (κ3) is 4.45. The molecule has 1 aromatic heterocycles. The van der Waals surface area contributed by atoms with Crippen molar-refractivity contribution in [1.82, 2.24) is 14.2 Å². The number of para-hydroxylation sites is 2. The lowest BCUT2D eigenvalue weighted by Gasteiger charge is -2.21. The van der Waals surface area contributed by atoms with Gasteiger partial charge in [0.1, 0.15) is 17.2 Å². The standard InChI is InChI=1S/C27H26N4O4S/c1-34-21-15-13-19(14-16-21)24-17-25(31(28-24)36(3,32)33)23-18-30(20-9-5-4-6-10-20)29-27(23)22-11-7-8-12-26(22)35-2/h4-16,18,25H,17H2,1-3H3. The van der Waals surface area contributed by atoms with Gasteiger partial charge in [-0.3, -0.25) is 0 Å². The number of hydrogen-bond donors (Lipinski definition) is 0. The van der Waals surface area contributed by atoms with Gasteiger partial charge in [0.05, 0.1) is 37.9 Å². The first-order chi connectivity index (χ1) is 17.4. The Morgan fingerprint density at radius 3 is 2.25 bits per heavy atom. The van der Waals surface area contributed by atoms with Crippen LogP contribution in [0.5, 0.6) is 11.5 Å². The number of benzene rings is 3. The van der Waals surface area contributed by atoms with Crippen molar-refractivity contribution >= 4 is 15.7 Å². The Morgan fingerprint density at radius 2 is 1.58 bits per heavy atom. The van der Waals surface area contributed by atoms with Gasteiger partial charge in [0.2, 0.25) is 10.0 Å². The largest absolute Gasteiger partial charge is 0.497 e. The van der Waals surface area contributed by atoms with Crippen LogP contribution < -0.4 is 9.47 Å². The summed E-state index contributed by atoms with van der Waals surface area (Å²) in [6.45, 7) is 0. The van der Waals surface area contributed by atoms with Gasteiger partial charge in [-0.1, -0.05) is 30.3 Å². The first kappa shape index (κ1) is 23.6. The molecule has 0 aliphatic carbocycles. The van der Waals surface area contributed by atoms with Gasteiger partial charge in [-0.25, -0.2) is 13.1 Å². The Morgan fingerprint density at radius 1 is 0.889 bits per heavy atom. The predicted molar refractivity (Wildman–Crippen MR) is 139 cm³/mol. The minimum absolute atomic E-state index is 0.391. The van der Waals surface area contributed by atoms with Crippen LogP contribution in [0.15, 0.2) is 90.2 Å². The van der Waals surface area contributed by atoms with E-state index < -0.39 is 16.1 Å². The summed E-state index contributed by atoms with van der Waals surface area (Å²) in [5, 5.41) is 9.44. The molecule has 0 fully saturated rings. The van der Waals surface area contributed by atoms with Gasteiger partial charge in [-0.15, -0.1) is 0 Å². The van der Waals surface area contributed by atoms with Gasteiger partial charge in [-0.05, 0) is 54.1 Å². The molecule has 4 aromatic rings. The highest BCUT2D eigenvalue weighted by molar-refractivity contribution is 7.88. The van der Waals surface area contributed by atoms with Crippen molar-refractivity contribution in [2.45, 2.75) is 12.5 Å². The number of ether oxygens (including phenoxy) is 2. The summed E-state index contributed by atoms with van der Waals surface area (Å²) in [7, 11) is -0.459. The molecule has 184 valence electrons. The van der Waals surface area contributed by atoms with Crippen molar-refractivity contribution in [3.63, 3.8) is 0 Å². The van der Waals surface area contributed by atoms with E-state index in [1.807, 2.05) is 85.1 Å². The number of hydrogen-bond acceptors (Lipinski definition) is 6. The maximum Gasteiger partial charge on any atom is 0.247 e. The number of sulfonamides is 1. The molecule has 0 saturated carbocycles. The Bertz CT molecular complexity index is 1510. The Balaban J connectivity index is 1.65. The van der Waals surface area contributed by atoms with E-state index in [2.05, 4.69) is 5.10 Å². The molecule has 0 N–H and O–H groups in total. The van der Waals surface area contributed by atoms with E-state index in [1.165, 1.54) is 10.7 Å². The average Bonchev–Trinajstić information content (AvgIpc) is 3.54. The predicted octanol–water partition coefficient (Wildman–Crippen LogP) is 4.67. The minimum Gasteiger partial charge on any atom is -0.497 e. The third-order valence-electron chi connectivity index (χ3n) is 6.12. The molecular formula is C27H26N4O4S. The third-order valence-corrected chi connectivity index (χ3v) is 7.14. The maximum atomic E-state index is 12.9. The molecule has 0 bridgehead atoms. The van der Waals surface area contributed by atoms with Crippen molar-refractivity contribution in [1.29, 1.82) is 0 Å². The summed E-state index contributed by atoms with van der Waals surface area (Å²) in [5.41, 5.74) is 4.52. The molecule has 1 unspecified atom stereocenters. The van der Waals surface area contributed by atoms with Gasteiger partial charge < -0.3 is 9.47 Å². The van der Waals surface area contributed by atoms with Crippen molar-refractivity contribution in [3.8, 4) is 28.4 Å². The van der Waals surface area contributed by atoms with E-state index in [0.29, 0.717) is 23.6 Å². The van der Waals surface area contributed by atoms with Crippen LogP contribution in [0.1, 0.15) is 23.6 Å². The SMILES string of the molecule is COc1ccc(C2=NN(S(C)(=O)=O)C(c3cn(-c4ccccc4)nc3-c3ccccc3OC)C2)cc1. The maximum absolute atomic E-state index is 12.9. The van der Waals surface area contributed by atoms with E-state index in [9.17, 15) is 8.42 Å². The van der Waals surface area contributed by atoms with Crippen molar-refractivity contribution in [2.24, 2.45) is 5.10 Å². The molecule has 2 heterocycles. The summed E-state index contributed by atoms with van der Waals surface area (Å²) in [6.07, 6.45) is 3.44. The fraction of sp³-hybridized carbons (Fsp3) is 0.185. The molecular weight excluding hydrogens is 476 g/mol. The lowest BCUT2D eigenvalue weighted by molar-refractivity contribution is 0.375. The summed E-state index contributed by atoms with van der Waals surface area (Å²) in [5.74, 6) is 1.37. The van der Waals surface area contributed by atoms with Crippen molar-refractivity contribution < 1.29 is 17.9 Å². The van der Waals surface area contributed by atoms with Crippen LogP contribution in [-0.2, 0) is 10.0 Å². The van der Waals surface area contributed by atoms with Crippen LogP contribution in [0.4, 0.5) is 0 Å². The summed E-state index contributed by atoms with van der Waals surface area (Å²) < 4.78 is 39.6. The van der Waals surface area contributed by atoms with E-state index >= 15 is 0 Å². The molecule has 5 rings (SSSR count). The van der Waals surface area contributed by atoms with Crippen LogP contribution in [0.3, 0.4) is 0 Å². The second-order valence-electron chi connectivity index (χ2n) is 8.44. The summed E-state index contributed by atoms with van der Waals surface area (Å²) in [4.78, 5) is 0. The zero-order valence-electron chi connectivity index (χ0n) is 20.2. The fourth-order valence-corrected chi connectivity index (χ4v) is 5.27. The van der Waals surface area contributed by atoms with E-state index in [0.717, 1.165) is 28.1 Å². The van der Waals surface area contributed by atoms with Crippen LogP contribution >= 0.6 is 0 Å². The molecule has 8 nitrogen and oxygen atoms in total. The summed E-state index contributed by atoms with van der Waals surface area (Å²) >= 11 is 0. The molecule has 1 aliphatic rings. The lowest BCUT2D eigenvalue weighted by atomic mass is 9.97. The highest BCUT2D eigenvalue weighted by atomic mass is 32.2. The van der Waals surface area contributed by atoms with Gasteiger partial charge >= 0.3 is 0 Å². The highest BCUT2D eigenvalue weighted by Crippen LogP contribution is 2.41. The van der Waals surface area contributed by atoms with E-state index in [-0.39, 0.29) is 0 Å². The minimum atomic E-state index is -3.67. The van der Waals surface area contributed by atoms with Gasteiger partial charge in [0.25, 0.3) is 0 Å². The Kier molecular flexibility index (Phi) is 6.24. The van der Waals surface area contributed by atoms with Crippen molar-refractivity contribution in [3.05, 3.63) is 96.2 Å². The normalized spacial score (nSPS) is 15.6. The summed E-state index contributed by atoms with van der Waals surface area (Å²) in [6, 6.07) is 24.2. The lowest BCUT2D eigenvalue weighted by Crippen LogP contribution is -2.26. The zero-order chi connectivity index (χ0) is 25.3. The second-order valence-corrected chi connectivity index (χ2v) is 10.3. The molecule has 0 saturated heterocycles. The smallest absolute Gasteiger partial charge is 0.247 e.